The minimum absolute atomic E-state index is 0.0924. The number of hydrogen-bond acceptors (Lipinski definition) is 8. The van der Waals surface area contributed by atoms with Crippen LogP contribution in [0.2, 0.25) is 0 Å². The minimum Gasteiger partial charge on any atom is -0.480 e. The lowest BCUT2D eigenvalue weighted by molar-refractivity contribution is -0.137. The highest BCUT2D eigenvalue weighted by atomic mass is 32.1. The number of nitrogens with zero attached hydrogens (tertiary/aromatic N) is 5. The predicted molar refractivity (Wildman–Crippen MR) is 131 cm³/mol. The molecule has 1 saturated heterocycles. The zero-order chi connectivity index (χ0) is 24.5. The minimum atomic E-state index is -0.974. The number of aromatic nitrogens is 5. The lowest BCUT2D eigenvalue weighted by atomic mass is 10.1. The highest BCUT2D eigenvalue weighted by molar-refractivity contribution is 7.17. The molecule has 1 amide bonds. The molecular weight excluding hydrogens is 470 g/mol. The molecule has 1 aromatic carbocycles. The molecule has 1 aliphatic rings. The first kappa shape index (κ1) is 23.0. The molecule has 3 aromatic heterocycles. The van der Waals surface area contributed by atoms with Gasteiger partial charge >= 0.3 is 5.97 Å². The van der Waals surface area contributed by atoms with Crippen molar-refractivity contribution in [2.24, 2.45) is 0 Å². The van der Waals surface area contributed by atoms with Crippen molar-refractivity contribution in [3.8, 4) is 0 Å². The van der Waals surface area contributed by atoms with Crippen LogP contribution in [0.15, 0.2) is 30.6 Å². The van der Waals surface area contributed by atoms with Crippen molar-refractivity contribution >= 4 is 50.8 Å². The highest BCUT2D eigenvalue weighted by Crippen LogP contribution is 2.32. The van der Waals surface area contributed by atoms with Crippen molar-refractivity contribution in [1.82, 2.24) is 24.5 Å². The van der Waals surface area contributed by atoms with Crippen molar-refractivity contribution in [3.63, 3.8) is 0 Å². The first-order valence-electron chi connectivity index (χ1n) is 11.3. The fourth-order valence-corrected chi connectivity index (χ4v) is 4.84. The zero-order valence-electron chi connectivity index (χ0n) is 19.3. The molecule has 182 valence electrons. The quantitative estimate of drug-likeness (QED) is 0.349. The summed E-state index contributed by atoms with van der Waals surface area (Å²) in [5, 5.41) is 25.2. The molecule has 0 bridgehead atoms. The second-order valence-electron chi connectivity index (χ2n) is 8.43. The van der Waals surface area contributed by atoms with Crippen molar-refractivity contribution in [3.05, 3.63) is 46.7 Å². The van der Waals surface area contributed by atoms with Gasteiger partial charge in [-0.25, -0.2) is 9.67 Å². The summed E-state index contributed by atoms with van der Waals surface area (Å²) in [6.07, 6.45) is 6.25. The maximum atomic E-state index is 13.1. The summed E-state index contributed by atoms with van der Waals surface area (Å²) in [4.78, 5) is 28.7. The van der Waals surface area contributed by atoms with E-state index < -0.39 is 5.97 Å². The van der Waals surface area contributed by atoms with Gasteiger partial charge < -0.3 is 20.5 Å². The molecule has 0 radical (unpaired) electrons. The van der Waals surface area contributed by atoms with E-state index in [1.54, 1.807) is 19.2 Å². The number of carboxylic acid groups (broad SMARTS) is 1. The Balaban J connectivity index is 1.33. The summed E-state index contributed by atoms with van der Waals surface area (Å²) in [6.45, 7) is 4.21. The number of carboxylic acids is 1. The summed E-state index contributed by atoms with van der Waals surface area (Å²) in [5.41, 5.74) is 3.25. The number of amides is 1. The van der Waals surface area contributed by atoms with E-state index in [1.165, 1.54) is 22.2 Å². The smallest absolute Gasteiger partial charge is 0.325 e. The lowest BCUT2D eigenvalue weighted by Gasteiger charge is -2.23. The van der Waals surface area contributed by atoms with E-state index in [1.807, 2.05) is 23.7 Å². The summed E-state index contributed by atoms with van der Waals surface area (Å²) < 4.78 is 9.17. The Bertz CT molecular complexity index is 1400. The summed E-state index contributed by atoms with van der Waals surface area (Å²) in [5.74, 6) is -0.790. The van der Waals surface area contributed by atoms with E-state index in [-0.39, 0.29) is 18.7 Å². The number of fused-ring (bicyclic) bond motifs is 1. The molecule has 1 unspecified atom stereocenters. The molecule has 4 heterocycles. The molecule has 35 heavy (non-hydrogen) atoms. The summed E-state index contributed by atoms with van der Waals surface area (Å²) in [6, 6.07) is 5.70. The molecule has 0 spiro atoms. The van der Waals surface area contributed by atoms with E-state index in [9.17, 15) is 9.59 Å². The molecule has 1 aliphatic heterocycles. The van der Waals surface area contributed by atoms with E-state index in [4.69, 9.17) is 9.84 Å². The molecule has 0 saturated carbocycles. The van der Waals surface area contributed by atoms with Gasteiger partial charge in [0.25, 0.3) is 5.91 Å². The van der Waals surface area contributed by atoms with Crippen LogP contribution in [-0.4, -0.2) is 48.1 Å². The lowest BCUT2D eigenvalue weighted by Crippen LogP contribution is -2.19. The van der Waals surface area contributed by atoms with Crippen LogP contribution in [0.5, 0.6) is 0 Å². The maximum absolute atomic E-state index is 13.1. The molecule has 12 heteroatoms. The van der Waals surface area contributed by atoms with Gasteiger partial charge in [-0.2, -0.15) is 10.2 Å². The van der Waals surface area contributed by atoms with E-state index >= 15 is 0 Å². The van der Waals surface area contributed by atoms with Crippen LogP contribution >= 0.6 is 11.3 Å². The molecule has 3 N–H and O–H groups in total. The van der Waals surface area contributed by atoms with Crippen molar-refractivity contribution in [1.29, 1.82) is 0 Å². The van der Waals surface area contributed by atoms with Crippen LogP contribution in [0.25, 0.3) is 10.9 Å². The summed E-state index contributed by atoms with van der Waals surface area (Å²) in [7, 11) is 0. The number of benzene rings is 1. The van der Waals surface area contributed by atoms with Crippen molar-refractivity contribution < 1.29 is 19.4 Å². The first-order valence-corrected chi connectivity index (χ1v) is 12.1. The Kier molecular flexibility index (Phi) is 6.22. The van der Waals surface area contributed by atoms with E-state index in [2.05, 4.69) is 25.8 Å². The topological polar surface area (TPSA) is 136 Å². The van der Waals surface area contributed by atoms with Gasteiger partial charge in [0, 0.05) is 23.8 Å². The van der Waals surface area contributed by atoms with E-state index in [0.29, 0.717) is 27.2 Å². The Labute approximate surface area is 204 Å². The Morgan fingerprint density at radius 1 is 1.26 bits per heavy atom. The number of aliphatic carboxylic acids is 1. The third-order valence-corrected chi connectivity index (χ3v) is 6.80. The Hall–Kier alpha value is -3.77. The molecule has 5 rings (SSSR count). The fraction of sp³-hybridized carbons (Fsp3) is 0.348. The first-order chi connectivity index (χ1) is 16.9. The molecule has 11 nitrogen and oxygen atoms in total. The van der Waals surface area contributed by atoms with Crippen LogP contribution in [0.1, 0.15) is 46.4 Å². The number of carbonyl (C=O) groups is 2. The Morgan fingerprint density at radius 3 is 2.89 bits per heavy atom. The number of aryl methyl sites for hydroxylation is 2. The second kappa shape index (κ2) is 9.47. The number of anilines is 3. The molecular formula is C23H25N7O4S. The van der Waals surface area contributed by atoms with Gasteiger partial charge in [0.1, 0.15) is 11.4 Å². The molecule has 4 aromatic rings. The second-order valence-corrected chi connectivity index (χ2v) is 9.46. The number of rotatable bonds is 7. The number of ether oxygens (including phenoxy) is 1. The summed E-state index contributed by atoms with van der Waals surface area (Å²) >= 11 is 1.18. The molecule has 0 aliphatic carbocycles. The molecule has 1 fully saturated rings. The van der Waals surface area contributed by atoms with E-state index in [0.717, 1.165) is 42.3 Å². The van der Waals surface area contributed by atoms with Crippen LogP contribution in [0.3, 0.4) is 0 Å². The third-order valence-electron chi connectivity index (χ3n) is 5.89. The predicted octanol–water partition coefficient (Wildman–Crippen LogP) is 4.09. The van der Waals surface area contributed by atoms with Gasteiger partial charge in [0.2, 0.25) is 0 Å². The SMILES string of the molecule is Cc1ccc2c(cnn2C2CCCCO2)c1NC(=O)c1cnc(Nc2cc(C)n(CC(=O)O)n2)s1. The van der Waals surface area contributed by atoms with Gasteiger partial charge in [-0.15, -0.1) is 0 Å². The fourth-order valence-electron chi connectivity index (χ4n) is 4.12. The zero-order valence-corrected chi connectivity index (χ0v) is 20.1. The third kappa shape index (κ3) is 4.75. The van der Waals surface area contributed by atoms with Gasteiger partial charge in [0.05, 0.1) is 23.6 Å². The monoisotopic (exact) mass is 495 g/mol. The number of hydrogen-bond donors (Lipinski definition) is 3. The number of nitrogens with one attached hydrogen (secondary N) is 2. The van der Waals surface area contributed by atoms with Crippen LogP contribution in [0.4, 0.5) is 16.6 Å². The normalized spacial score (nSPS) is 15.9. The average Bonchev–Trinajstić information content (AvgIpc) is 3.55. The largest absolute Gasteiger partial charge is 0.480 e. The number of carbonyl (C=O) groups excluding carboxylic acids is 1. The maximum Gasteiger partial charge on any atom is 0.325 e. The van der Waals surface area contributed by atoms with Gasteiger partial charge in [-0.3, -0.25) is 14.3 Å². The van der Waals surface area contributed by atoms with Crippen LogP contribution in [0, 0.1) is 13.8 Å². The van der Waals surface area contributed by atoms with Gasteiger partial charge in [0.15, 0.2) is 17.2 Å². The van der Waals surface area contributed by atoms with Gasteiger partial charge in [-0.1, -0.05) is 17.4 Å². The highest BCUT2D eigenvalue weighted by Gasteiger charge is 2.21. The average molecular weight is 496 g/mol. The van der Waals surface area contributed by atoms with Gasteiger partial charge in [-0.05, 0) is 44.7 Å². The molecule has 1 atom stereocenters. The van der Waals surface area contributed by atoms with Crippen LogP contribution < -0.4 is 10.6 Å². The standard InChI is InChI=1S/C23H25N7O4S/c1-13-6-7-16-15(10-25-30(16)19-5-3-4-8-34-19)21(13)27-22(33)17-11-24-23(35-17)26-18-9-14(2)29(28-18)12-20(31)32/h6-7,9-11,19H,3-5,8,12H2,1-2H3,(H,27,33)(H,31,32)(H,24,26,28). The van der Waals surface area contributed by atoms with Crippen molar-refractivity contribution in [2.75, 3.05) is 17.2 Å². The van der Waals surface area contributed by atoms with Crippen molar-refractivity contribution in [2.45, 2.75) is 45.9 Å². The number of thiazole rings is 1. The Morgan fingerprint density at radius 2 is 2.11 bits per heavy atom. The van der Waals surface area contributed by atoms with Crippen LogP contribution in [-0.2, 0) is 16.1 Å².